The molecule has 0 spiro atoms. The number of hydrogen-bond donors (Lipinski definition) is 1. The van der Waals surface area contributed by atoms with Crippen LogP contribution in [0.2, 0.25) is 0 Å². The third-order valence-electron chi connectivity index (χ3n) is 5.08. The Hall–Kier alpha value is -1.44. The van der Waals surface area contributed by atoms with Crippen LogP contribution in [0.1, 0.15) is 31.7 Å². The molecule has 2 fully saturated rings. The number of piperazine rings is 1. The molecule has 24 heavy (non-hydrogen) atoms. The third kappa shape index (κ3) is 3.63. The summed E-state index contributed by atoms with van der Waals surface area (Å²) in [6.07, 6.45) is 5.27. The van der Waals surface area contributed by atoms with Crippen molar-refractivity contribution in [3.8, 4) is 0 Å². The van der Waals surface area contributed by atoms with E-state index in [1.165, 1.54) is 0 Å². The largest absolute Gasteiger partial charge is 0.395 e. The lowest BCUT2D eigenvalue weighted by Crippen LogP contribution is -2.52. The van der Waals surface area contributed by atoms with Crippen molar-refractivity contribution in [1.29, 1.82) is 0 Å². The molecule has 2 saturated heterocycles. The van der Waals surface area contributed by atoms with E-state index in [2.05, 4.69) is 21.4 Å². The van der Waals surface area contributed by atoms with Gasteiger partial charge in [-0.15, -0.1) is 0 Å². The highest BCUT2D eigenvalue weighted by molar-refractivity contribution is 5.79. The standard InChI is InChI=1S/C17H28N4O3/c1-2-20-6-5-18-16(20)15-14(4-3-13-24-15)17(23)21-9-7-19(8-10-21)11-12-22/h5-6,14-15,22H,2-4,7-13H2,1H3/t14-,15-/m1/s1. The lowest BCUT2D eigenvalue weighted by Gasteiger charge is -2.39. The number of hydrogen-bond acceptors (Lipinski definition) is 5. The van der Waals surface area contributed by atoms with Gasteiger partial charge in [-0.3, -0.25) is 9.69 Å². The van der Waals surface area contributed by atoms with Crippen LogP contribution in [0.4, 0.5) is 0 Å². The summed E-state index contributed by atoms with van der Waals surface area (Å²) in [5.74, 6) is 0.916. The van der Waals surface area contributed by atoms with Crippen LogP contribution >= 0.6 is 0 Å². The molecule has 2 aliphatic heterocycles. The molecule has 7 nitrogen and oxygen atoms in total. The fourth-order valence-electron chi connectivity index (χ4n) is 3.70. The van der Waals surface area contributed by atoms with Crippen molar-refractivity contribution in [2.75, 3.05) is 45.9 Å². The Kier molecular flexibility index (Phi) is 5.86. The molecule has 0 unspecified atom stereocenters. The summed E-state index contributed by atoms with van der Waals surface area (Å²) in [5, 5.41) is 9.04. The second kappa shape index (κ2) is 8.09. The van der Waals surface area contributed by atoms with Crippen molar-refractivity contribution in [3.63, 3.8) is 0 Å². The lowest BCUT2D eigenvalue weighted by atomic mass is 9.91. The highest BCUT2D eigenvalue weighted by Crippen LogP contribution is 2.34. The lowest BCUT2D eigenvalue weighted by molar-refractivity contribution is -0.148. The Morgan fingerprint density at radius 3 is 2.88 bits per heavy atom. The van der Waals surface area contributed by atoms with Crippen molar-refractivity contribution < 1.29 is 14.6 Å². The highest BCUT2D eigenvalue weighted by atomic mass is 16.5. The Labute approximate surface area is 143 Å². The van der Waals surface area contributed by atoms with Crippen LogP contribution in [-0.4, -0.2) is 76.3 Å². The number of carbonyl (C=O) groups is 1. The number of β-amino-alcohol motifs (C(OH)–C–C–N with tert-alkyl or cyclic N) is 1. The molecule has 7 heteroatoms. The zero-order valence-corrected chi connectivity index (χ0v) is 14.4. The summed E-state index contributed by atoms with van der Waals surface area (Å²) in [4.78, 5) is 21.7. The van der Waals surface area contributed by atoms with Crippen LogP contribution in [0.3, 0.4) is 0 Å². The number of aliphatic hydroxyl groups is 1. The molecule has 1 aromatic heterocycles. The van der Waals surface area contributed by atoms with Gasteiger partial charge >= 0.3 is 0 Å². The van der Waals surface area contributed by atoms with E-state index in [0.717, 1.165) is 51.4 Å². The maximum Gasteiger partial charge on any atom is 0.228 e. The zero-order valence-electron chi connectivity index (χ0n) is 14.4. The van der Waals surface area contributed by atoms with Crippen molar-refractivity contribution in [2.24, 2.45) is 5.92 Å². The number of imidazole rings is 1. The molecule has 0 saturated carbocycles. The Morgan fingerprint density at radius 2 is 2.17 bits per heavy atom. The predicted octanol–water partition coefficient (Wildman–Crippen LogP) is 0.507. The van der Waals surface area contributed by atoms with E-state index < -0.39 is 0 Å². The van der Waals surface area contributed by atoms with E-state index in [0.29, 0.717) is 13.2 Å². The van der Waals surface area contributed by atoms with Gasteiger partial charge in [0.1, 0.15) is 11.9 Å². The van der Waals surface area contributed by atoms with Gasteiger partial charge in [0.25, 0.3) is 0 Å². The van der Waals surface area contributed by atoms with Crippen molar-refractivity contribution in [1.82, 2.24) is 19.4 Å². The second-order valence-electron chi connectivity index (χ2n) is 6.50. The van der Waals surface area contributed by atoms with Gasteiger partial charge in [0.05, 0.1) is 12.5 Å². The van der Waals surface area contributed by atoms with Crippen LogP contribution in [0.15, 0.2) is 12.4 Å². The topological polar surface area (TPSA) is 70.8 Å². The molecule has 0 aliphatic carbocycles. The molecule has 0 radical (unpaired) electrons. The van der Waals surface area contributed by atoms with Crippen LogP contribution in [0.25, 0.3) is 0 Å². The zero-order chi connectivity index (χ0) is 16.9. The quantitative estimate of drug-likeness (QED) is 0.848. The minimum atomic E-state index is -0.239. The number of aliphatic hydroxyl groups excluding tert-OH is 1. The average molecular weight is 336 g/mol. The maximum absolute atomic E-state index is 13.1. The fourth-order valence-corrected chi connectivity index (χ4v) is 3.70. The first-order valence-electron chi connectivity index (χ1n) is 8.99. The summed E-state index contributed by atoms with van der Waals surface area (Å²) < 4.78 is 8.04. The predicted molar refractivity (Wildman–Crippen MR) is 89.4 cm³/mol. The van der Waals surface area contributed by atoms with Crippen LogP contribution in [0.5, 0.6) is 0 Å². The molecule has 0 aromatic carbocycles. The van der Waals surface area contributed by atoms with Crippen molar-refractivity contribution in [2.45, 2.75) is 32.4 Å². The van der Waals surface area contributed by atoms with Crippen LogP contribution in [0, 0.1) is 5.92 Å². The molecule has 2 atom stereocenters. The molecule has 134 valence electrons. The van der Waals surface area contributed by atoms with Gasteiger partial charge in [-0.05, 0) is 19.8 Å². The minimum absolute atomic E-state index is 0.143. The second-order valence-corrected chi connectivity index (χ2v) is 6.50. The number of aryl methyl sites for hydroxylation is 1. The third-order valence-corrected chi connectivity index (χ3v) is 5.08. The Balaban J connectivity index is 1.68. The number of rotatable bonds is 5. The Morgan fingerprint density at radius 1 is 1.38 bits per heavy atom. The molecule has 1 amide bonds. The first-order chi connectivity index (χ1) is 11.7. The minimum Gasteiger partial charge on any atom is -0.395 e. The SMILES string of the molecule is CCn1ccnc1[C@@H]1OCCC[C@H]1C(=O)N1CCN(CCO)CC1. The van der Waals surface area contributed by atoms with Gasteiger partial charge in [-0.2, -0.15) is 0 Å². The Bertz CT molecular complexity index is 540. The number of amides is 1. The molecule has 1 aromatic rings. The molecular weight excluding hydrogens is 308 g/mol. The van der Waals surface area contributed by atoms with Gasteiger partial charge in [0.15, 0.2) is 0 Å². The monoisotopic (exact) mass is 336 g/mol. The number of carbonyl (C=O) groups excluding carboxylic acids is 1. The molecule has 2 aliphatic rings. The van der Waals surface area contributed by atoms with E-state index in [1.54, 1.807) is 6.20 Å². The van der Waals surface area contributed by atoms with E-state index >= 15 is 0 Å². The molecule has 3 rings (SSSR count). The van der Waals surface area contributed by atoms with Gasteiger partial charge in [-0.1, -0.05) is 0 Å². The van der Waals surface area contributed by atoms with E-state index in [9.17, 15) is 4.79 Å². The maximum atomic E-state index is 13.1. The molecule has 0 bridgehead atoms. The highest BCUT2D eigenvalue weighted by Gasteiger charge is 2.38. The average Bonchev–Trinajstić information content (AvgIpc) is 3.10. The molecular formula is C17H28N4O3. The fraction of sp³-hybridized carbons (Fsp3) is 0.765. The van der Waals surface area contributed by atoms with Crippen LogP contribution in [-0.2, 0) is 16.1 Å². The first kappa shape index (κ1) is 17.4. The van der Waals surface area contributed by atoms with Gasteiger partial charge in [0.2, 0.25) is 5.91 Å². The van der Waals surface area contributed by atoms with Gasteiger partial charge in [-0.25, -0.2) is 4.98 Å². The van der Waals surface area contributed by atoms with Crippen molar-refractivity contribution in [3.05, 3.63) is 18.2 Å². The molecule has 3 heterocycles. The summed E-state index contributed by atoms with van der Waals surface area (Å²) in [6.45, 7) is 7.56. The molecule has 1 N–H and O–H groups in total. The summed E-state index contributed by atoms with van der Waals surface area (Å²) >= 11 is 0. The number of ether oxygens (including phenoxy) is 1. The summed E-state index contributed by atoms with van der Waals surface area (Å²) in [5.41, 5.74) is 0. The first-order valence-corrected chi connectivity index (χ1v) is 8.99. The van der Waals surface area contributed by atoms with E-state index in [4.69, 9.17) is 9.84 Å². The summed E-state index contributed by atoms with van der Waals surface area (Å²) in [7, 11) is 0. The van der Waals surface area contributed by atoms with Gasteiger partial charge in [0, 0.05) is 58.3 Å². The summed E-state index contributed by atoms with van der Waals surface area (Å²) in [6, 6.07) is 0. The van der Waals surface area contributed by atoms with E-state index in [1.807, 2.05) is 11.1 Å². The number of nitrogens with zero attached hydrogens (tertiary/aromatic N) is 4. The smallest absolute Gasteiger partial charge is 0.228 e. The normalized spacial score (nSPS) is 25.8. The van der Waals surface area contributed by atoms with Crippen molar-refractivity contribution >= 4 is 5.91 Å². The van der Waals surface area contributed by atoms with E-state index in [-0.39, 0.29) is 24.5 Å². The van der Waals surface area contributed by atoms with Crippen LogP contribution < -0.4 is 0 Å². The van der Waals surface area contributed by atoms with Gasteiger partial charge < -0.3 is 19.3 Å². The number of aromatic nitrogens is 2.